The number of esters is 1. The molecule has 1 aromatic carbocycles. The molecule has 33 heavy (non-hydrogen) atoms. The number of carbonyl (C=O) groups excluding carboxylic acids is 2. The first-order chi connectivity index (χ1) is 16.0. The van der Waals surface area contributed by atoms with Crippen molar-refractivity contribution in [1.29, 1.82) is 0 Å². The standard InChI is InChI=1S/C25H30N4O4/c1-25(19-8-4-2-5-9-19,29-11-6-3-7-12-29)24(31)33-21-16-28(15-18-14-20(18)21)17-23(30)26-22-10-13-32-27-22/h2,4-5,8-10,13-14,20-21H,3,6-7,11-12,15-17H2,1H3,(H,26,27,30)/t20?,21-,25-/m0/s1. The third kappa shape index (κ3) is 4.58. The van der Waals surface area contributed by atoms with Gasteiger partial charge in [0.2, 0.25) is 5.91 Å². The number of nitrogens with one attached hydrogen (secondary N) is 1. The maximum Gasteiger partial charge on any atom is 0.331 e. The van der Waals surface area contributed by atoms with Gasteiger partial charge in [-0.1, -0.05) is 48.0 Å². The zero-order chi connectivity index (χ0) is 22.8. The van der Waals surface area contributed by atoms with E-state index >= 15 is 0 Å². The number of aromatic nitrogens is 1. The van der Waals surface area contributed by atoms with E-state index in [4.69, 9.17) is 9.26 Å². The highest BCUT2D eigenvalue weighted by atomic mass is 16.5. The molecule has 0 spiro atoms. The van der Waals surface area contributed by atoms with E-state index in [1.165, 1.54) is 18.3 Å². The lowest BCUT2D eigenvalue weighted by atomic mass is 9.88. The van der Waals surface area contributed by atoms with Crippen LogP contribution in [0.2, 0.25) is 0 Å². The van der Waals surface area contributed by atoms with Gasteiger partial charge in [-0.25, -0.2) is 4.79 Å². The van der Waals surface area contributed by atoms with E-state index in [0.717, 1.165) is 31.5 Å². The summed E-state index contributed by atoms with van der Waals surface area (Å²) in [5.41, 5.74) is 1.36. The van der Waals surface area contributed by atoms with Crippen LogP contribution in [-0.4, -0.2) is 65.7 Å². The third-order valence-electron chi connectivity index (χ3n) is 7.01. The van der Waals surface area contributed by atoms with E-state index in [2.05, 4.69) is 21.4 Å². The van der Waals surface area contributed by atoms with Crippen LogP contribution in [-0.2, 0) is 19.9 Å². The summed E-state index contributed by atoms with van der Waals surface area (Å²) >= 11 is 0. The van der Waals surface area contributed by atoms with Gasteiger partial charge in [-0.3, -0.25) is 14.6 Å². The average molecular weight is 451 g/mol. The van der Waals surface area contributed by atoms with Crippen LogP contribution in [0.25, 0.3) is 0 Å². The number of ether oxygens (including phenoxy) is 1. The number of piperidine rings is 2. The number of amides is 1. The Bertz CT molecular complexity index is 1020. The minimum Gasteiger partial charge on any atom is -0.458 e. The highest BCUT2D eigenvalue weighted by Gasteiger charge is 2.47. The maximum atomic E-state index is 13.7. The van der Waals surface area contributed by atoms with Crippen LogP contribution < -0.4 is 5.32 Å². The molecule has 1 amide bonds. The summed E-state index contributed by atoms with van der Waals surface area (Å²) in [5.74, 6) is 0.194. The van der Waals surface area contributed by atoms with Gasteiger partial charge in [-0.2, -0.15) is 0 Å². The van der Waals surface area contributed by atoms with E-state index in [1.54, 1.807) is 6.07 Å². The molecule has 1 aromatic heterocycles. The Morgan fingerprint density at radius 3 is 2.70 bits per heavy atom. The molecule has 8 nitrogen and oxygen atoms in total. The summed E-state index contributed by atoms with van der Waals surface area (Å²) in [6, 6.07) is 11.5. The second kappa shape index (κ2) is 9.11. The lowest BCUT2D eigenvalue weighted by Gasteiger charge is -2.43. The second-order valence-corrected chi connectivity index (χ2v) is 9.30. The fourth-order valence-electron chi connectivity index (χ4n) is 5.06. The lowest BCUT2D eigenvalue weighted by molar-refractivity contribution is -0.167. The molecule has 3 heterocycles. The number of hydrogen-bond donors (Lipinski definition) is 1. The van der Waals surface area contributed by atoms with E-state index < -0.39 is 5.54 Å². The summed E-state index contributed by atoms with van der Waals surface area (Å²) in [6.45, 7) is 5.19. The van der Waals surface area contributed by atoms with Crippen molar-refractivity contribution < 1.29 is 18.8 Å². The molecule has 0 saturated carbocycles. The first kappa shape index (κ1) is 21.9. The second-order valence-electron chi connectivity index (χ2n) is 9.30. The van der Waals surface area contributed by atoms with Gasteiger partial charge in [0.05, 0.1) is 6.54 Å². The molecule has 2 fully saturated rings. The summed E-state index contributed by atoms with van der Waals surface area (Å²) in [7, 11) is 0. The molecule has 1 N–H and O–H groups in total. The van der Waals surface area contributed by atoms with E-state index in [9.17, 15) is 9.59 Å². The molecular weight excluding hydrogens is 420 g/mol. The van der Waals surface area contributed by atoms with Gasteiger partial charge in [0.25, 0.3) is 0 Å². The monoisotopic (exact) mass is 450 g/mol. The minimum absolute atomic E-state index is 0.170. The summed E-state index contributed by atoms with van der Waals surface area (Å²) in [4.78, 5) is 30.4. The summed E-state index contributed by atoms with van der Waals surface area (Å²) in [6.07, 6.45) is 6.64. The smallest absolute Gasteiger partial charge is 0.331 e. The molecule has 174 valence electrons. The van der Waals surface area contributed by atoms with Crippen LogP contribution in [0.4, 0.5) is 5.82 Å². The Labute approximate surface area is 193 Å². The van der Waals surface area contributed by atoms with E-state index in [1.807, 2.05) is 42.2 Å². The molecule has 1 unspecified atom stereocenters. The highest BCUT2D eigenvalue weighted by molar-refractivity contribution is 5.91. The molecule has 3 aliphatic rings. The Morgan fingerprint density at radius 2 is 1.97 bits per heavy atom. The topological polar surface area (TPSA) is 87.9 Å². The van der Waals surface area contributed by atoms with Crippen LogP contribution in [0.1, 0.15) is 31.7 Å². The van der Waals surface area contributed by atoms with Gasteiger partial charge in [0.15, 0.2) is 5.82 Å². The van der Waals surface area contributed by atoms with Crippen LogP contribution in [0.5, 0.6) is 0 Å². The molecule has 3 atom stereocenters. The molecule has 2 saturated heterocycles. The third-order valence-corrected chi connectivity index (χ3v) is 7.01. The number of nitrogens with zero attached hydrogens (tertiary/aromatic N) is 3. The van der Waals surface area contributed by atoms with Crippen molar-refractivity contribution in [3.05, 3.63) is 59.9 Å². The molecule has 1 aliphatic carbocycles. The molecule has 0 radical (unpaired) electrons. The van der Waals surface area contributed by atoms with Crippen molar-refractivity contribution in [3.8, 4) is 0 Å². The number of fused-ring (bicyclic) bond motifs is 1. The Morgan fingerprint density at radius 1 is 1.18 bits per heavy atom. The normalized spacial score (nSPS) is 24.8. The van der Waals surface area contributed by atoms with Gasteiger partial charge in [-0.05, 0) is 44.0 Å². The van der Waals surface area contributed by atoms with Crippen molar-refractivity contribution in [2.75, 3.05) is 38.0 Å². The quantitative estimate of drug-likeness (QED) is 0.513. The lowest BCUT2D eigenvalue weighted by Crippen LogP contribution is -2.54. The number of rotatable bonds is 7. The van der Waals surface area contributed by atoms with Crippen molar-refractivity contribution in [2.24, 2.45) is 5.92 Å². The highest BCUT2D eigenvalue weighted by Crippen LogP contribution is 2.40. The number of likely N-dealkylation sites (tertiary alicyclic amines) is 2. The molecule has 5 rings (SSSR count). The predicted octanol–water partition coefficient (Wildman–Crippen LogP) is 2.80. The maximum absolute atomic E-state index is 13.7. The summed E-state index contributed by atoms with van der Waals surface area (Å²) in [5, 5.41) is 6.44. The Kier molecular flexibility index (Phi) is 6.03. The fourth-order valence-corrected chi connectivity index (χ4v) is 5.06. The molecular formula is C25H30N4O4. The zero-order valence-electron chi connectivity index (χ0n) is 18.9. The van der Waals surface area contributed by atoms with Crippen molar-refractivity contribution in [3.63, 3.8) is 0 Å². The van der Waals surface area contributed by atoms with Crippen molar-refractivity contribution in [1.82, 2.24) is 15.0 Å². The number of carbonyl (C=O) groups is 2. The first-order valence-corrected chi connectivity index (χ1v) is 11.7. The van der Waals surface area contributed by atoms with Crippen LogP contribution in [0.3, 0.4) is 0 Å². The minimum atomic E-state index is -0.830. The van der Waals surface area contributed by atoms with Crippen LogP contribution >= 0.6 is 0 Å². The largest absolute Gasteiger partial charge is 0.458 e. The fraction of sp³-hybridized carbons (Fsp3) is 0.480. The van der Waals surface area contributed by atoms with Crippen LogP contribution in [0.15, 0.2) is 58.8 Å². The van der Waals surface area contributed by atoms with Gasteiger partial charge in [-0.15, -0.1) is 0 Å². The average Bonchev–Trinajstić information content (AvgIpc) is 3.45. The van der Waals surface area contributed by atoms with E-state index in [0.29, 0.717) is 18.9 Å². The summed E-state index contributed by atoms with van der Waals surface area (Å²) < 4.78 is 11.0. The molecule has 2 aliphatic heterocycles. The molecule has 2 aromatic rings. The van der Waals surface area contributed by atoms with Crippen LogP contribution in [0, 0.1) is 5.92 Å². The number of anilines is 1. The Balaban J connectivity index is 1.27. The molecule has 8 heteroatoms. The van der Waals surface area contributed by atoms with Gasteiger partial charge < -0.3 is 14.6 Å². The molecule has 0 bridgehead atoms. The number of benzene rings is 1. The van der Waals surface area contributed by atoms with Gasteiger partial charge >= 0.3 is 5.97 Å². The Hall–Kier alpha value is -2.97. The SMILES string of the molecule is C[C@@](C(=O)O[C@H]1CN(CC(=O)Nc2ccon2)CC2=CC21)(c1ccccc1)N1CCCCC1. The van der Waals surface area contributed by atoms with Gasteiger partial charge in [0.1, 0.15) is 17.9 Å². The zero-order valence-corrected chi connectivity index (χ0v) is 18.9. The van der Waals surface area contributed by atoms with Gasteiger partial charge in [0, 0.05) is 25.1 Å². The van der Waals surface area contributed by atoms with Crippen molar-refractivity contribution >= 4 is 17.7 Å². The van der Waals surface area contributed by atoms with E-state index in [-0.39, 0.29) is 30.4 Å². The predicted molar refractivity (Wildman–Crippen MR) is 122 cm³/mol. The van der Waals surface area contributed by atoms with Crippen molar-refractivity contribution in [2.45, 2.75) is 37.8 Å². The first-order valence-electron chi connectivity index (χ1n) is 11.7. The number of hydrogen-bond acceptors (Lipinski definition) is 7.